The van der Waals surface area contributed by atoms with Gasteiger partial charge in [0.1, 0.15) is 11.8 Å². The first kappa shape index (κ1) is 21.7. The SMILES string of the molecule is COC(=O)C(Cc1ccc(OCCBr)cc1)NC(C)=CC(=O)c1ccccc1. The molecular weight excluding hydrogens is 422 g/mol. The number of alkyl halides is 1. The molecule has 2 aromatic carbocycles. The Bertz CT molecular complexity index is 803. The highest BCUT2D eigenvalue weighted by atomic mass is 79.9. The van der Waals surface area contributed by atoms with Gasteiger partial charge in [-0.3, -0.25) is 4.79 Å². The standard InChI is InChI=1S/C22H24BrNO4/c1-16(14-21(25)18-6-4-3-5-7-18)24-20(22(26)27-2)15-17-8-10-19(11-9-17)28-13-12-23/h3-11,14,20,24H,12-13,15H2,1-2H3. The molecule has 0 aliphatic rings. The van der Waals surface area contributed by atoms with E-state index in [0.717, 1.165) is 16.6 Å². The highest BCUT2D eigenvalue weighted by molar-refractivity contribution is 9.09. The van der Waals surface area contributed by atoms with Crippen LogP contribution in [0.2, 0.25) is 0 Å². The summed E-state index contributed by atoms with van der Waals surface area (Å²) in [6.45, 7) is 2.35. The minimum atomic E-state index is -0.598. The summed E-state index contributed by atoms with van der Waals surface area (Å²) in [5, 5.41) is 3.85. The predicted molar refractivity (Wildman–Crippen MR) is 113 cm³/mol. The van der Waals surface area contributed by atoms with E-state index in [1.165, 1.54) is 13.2 Å². The Kier molecular flexibility index (Phi) is 8.75. The van der Waals surface area contributed by atoms with Gasteiger partial charge in [0.05, 0.1) is 13.7 Å². The molecule has 148 valence electrons. The molecule has 0 radical (unpaired) electrons. The van der Waals surface area contributed by atoms with Gasteiger partial charge in [-0.05, 0) is 24.6 Å². The molecular formula is C22H24BrNO4. The number of benzene rings is 2. The van der Waals surface area contributed by atoms with Crippen LogP contribution in [0.4, 0.5) is 0 Å². The van der Waals surface area contributed by atoms with Crippen LogP contribution >= 0.6 is 15.9 Å². The Hall–Kier alpha value is -2.60. The number of rotatable bonds is 10. The van der Waals surface area contributed by atoms with Gasteiger partial charge in [-0.15, -0.1) is 0 Å². The Morgan fingerprint density at radius 2 is 1.79 bits per heavy atom. The van der Waals surface area contributed by atoms with Crippen molar-refractivity contribution in [1.82, 2.24) is 5.32 Å². The van der Waals surface area contributed by atoms with E-state index in [2.05, 4.69) is 21.2 Å². The number of carbonyl (C=O) groups excluding carboxylic acids is 2. The van der Waals surface area contributed by atoms with E-state index < -0.39 is 6.04 Å². The van der Waals surface area contributed by atoms with Gasteiger partial charge >= 0.3 is 5.97 Å². The molecule has 0 aliphatic heterocycles. The van der Waals surface area contributed by atoms with Crippen molar-refractivity contribution in [1.29, 1.82) is 0 Å². The number of nitrogens with one attached hydrogen (secondary N) is 1. The maximum atomic E-state index is 12.3. The zero-order valence-electron chi connectivity index (χ0n) is 16.0. The molecule has 2 aromatic rings. The Morgan fingerprint density at radius 3 is 2.39 bits per heavy atom. The molecule has 1 atom stereocenters. The number of allylic oxidation sites excluding steroid dienone is 2. The van der Waals surface area contributed by atoms with Crippen molar-refractivity contribution in [3.8, 4) is 5.75 Å². The fourth-order valence-corrected chi connectivity index (χ4v) is 2.81. The van der Waals surface area contributed by atoms with Crippen LogP contribution in [0.15, 0.2) is 66.4 Å². The van der Waals surface area contributed by atoms with Crippen molar-refractivity contribution in [2.45, 2.75) is 19.4 Å². The van der Waals surface area contributed by atoms with Crippen molar-refractivity contribution < 1.29 is 19.1 Å². The lowest BCUT2D eigenvalue weighted by molar-refractivity contribution is -0.142. The molecule has 1 unspecified atom stereocenters. The average molecular weight is 446 g/mol. The Balaban J connectivity index is 2.05. The number of hydrogen-bond acceptors (Lipinski definition) is 5. The van der Waals surface area contributed by atoms with Crippen molar-refractivity contribution in [2.24, 2.45) is 0 Å². The molecule has 0 heterocycles. The first-order valence-electron chi connectivity index (χ1n) is 8.93. The third kappa shape index (κ3) is 6.85. The molecule has 0 bridgehead atoms. The number of methoxy groups -OCH3 is 1. The molecule has 6 heteroatoms. The first-order chi connectivity index (χ1) is 13.5. The van der Waals surface area contributed by atoms with Crippen molar-refractivity contribution in [2.75, 3.05) is 19.0 Å². The largest absolute Gasteiger partial charge is 0.493 e. The van der Waals surface area contributed by atoms with Crippen LogP contribution in [0.3, 0.4) is 0 Å². The lowest BCUT2D eigenvalue weighted by atomic mass is 10.0. The molecule has 0 saturated heterocycles. The van der Waals surface area contributed by atoms with Crippen molar-refractivity contribution >= 4 is 27.7 Å². The van der Waals surface area contributed by atoms with Gasteiger partial charge in [-0.1, -0.05) is 58.4 Å². The zero-order valence-corrected chi connectivity index (χ0v) is 17.6. The van der Waals surface area contributed by atoms with Gasteiger partial charge in [-0.25, -0.2) is 4.79 Å². The van der Waals surface area contributed by atoms with E-state index in [4.69, 9.17) is 9.47 Å². The minimum absolute atomic E-state index is 0.123. The molecule has 0 amide bonds. The molecule has 0 saturated carbocycles. The lowest BCUT2D eigenvalue weighted by Gasteiger charge is -2.18. The summed E-state index contributed by atoms with van der Waals surface area (Å²) in [6, 6.07) is 16.0. The van der Waals surface area contributed by atoms with Crippen LogP contribution in [-0.4, -0.2) is 36.8 Å². The first-order valence-corrected chi connectivity index (χ1v) is 10.1. The van der Waals surface area contributed by atoms with Crippen molar-refractivity contribution in [3.63, 3.8) is 0 Å². The van der Waals surface area contributed by atoms with Crippen LogP contribution in [0, 0.1) is 0 Å². The number of hydrogen-bond donors (Lipinski definition) is 1. The third-order valence-electron chi connectivity index (χ3n) is 4.00. The second-order valence-electron chi connectivity index (χ2n) is 6.16. The molecule has 0 spiro atoms. The summed E-state index contributed by atoms with van der Waals surface area (Å²) in [5.74, 6) is 0.261. The van der Waals surface area contributed by atoms with Crippen LogP contribution in [0.25, 0.3) is 0 Å². The van der Waals surface area contributed by atoms with E-state index in [9.17, 15) is 9.59 Å². The summed E-state index contributed by atoms with van der Waals surface area (Å²) >= 11 is 3.32. The third-order valence-corrected chi connectivity index (χ3v) is 4.33. The second kappa shape index (κ2) is 11.3. The van der Waals surface area contributed by atoms with E-state index in [1.807, 2.05) is 42.5 Å². The summed E-state index contributed by atoms with van der Waals surface area (Å²) < 4.78 is 10.4. The number of esters is 1. The van der Waals surface area contributed by atoms with E-state index in [1.54, 1.807) is 19.1 Å². The Morgan fingerprint density at radius 1 is 1.11 bits per heavy atom. The van der Waals surface area contributed by atoms with Crippen molar-refractivity contribution in [3.05, 3.63) is 77.5 Å². The lowest BCUT2D eigenvalue weighted by Crippen LogP contribution is -2.38. The van der Waals surface area contributed by atoms with Crippen LogP contribution in [-0.2, 0) is 16.0 Å². The Labute approximate surface area is 173 Å². The van der Waals surface area contributed by atoms with Gasteiger partial charge in [0.25, 0.3) is 0 Å². The maximum Gasteiger partial charge on any atom is 0.328 e. The van der Waals surface area contributed by atoms with E-state index >= 15 is 0 Å². The molecule has 0 aromatic heterocycles. The highest BCUT2D eigenvalue weighted by Crippen LogP contribution is 2.14. The highest BCUT2D eigenvalue weighted by Gasteiger charge is 2.20. The minimum Gasteiger partial charge on any atom is -0.493 e. The molecule has 0 fully saturated rings. The van der Waals surface area contributed by atoms with E-state index in [-0.39, 0.29) is 11.8 Å². The summed E-state index contributed by atoms with van der Waals surface area (Å²) in [7, 11) is 1.35. The van der Waals surface area contributed by atoms with Crippen LogP contribution in [0.5, 0.6) is 5.75 Å². The fourth-order valence-electron chi connectivity index (χ4n) is 2.65. The normalized spacial score (nSPS) is 12.2. The molecule has 0 aliphatic carbocycles. The number of halogens is 1. The summed E-state index contributed by atoms with van der Waals surface area (Å²) in [6.07, 6.45) is 1.92. The van der Waals surface area contributed by atoms with Gasteiger partial charge in [-0.2, -0.15) is 0 Å². The van der Waals surface area contributed by atoms with Crippen LogP contribution in [0.1, 0.15) is 22.8 Å². The molecule has 1 N–H and O–H groups in total. The maximum absolute atomic E-state index is 12.3. The number of ketones is 1. The van der Waals surface area contributed by atoms with Gasteiger partial charge in [0.2, 0.25) is 0 Å². The van der Waals surface area contributed by atoms with Crippen LogP contribution < -0.4 is 10.1 Å². The van der Waals surface area contributed by atoms with E-state index in [0.29, 0.717) is 24.3 Å². The van der Waals surface area contributed by atoms with Gasteiger partial charge in [0, 0.05) is 29.1 Å². The average Bonchev–Trinajstić information content (AvgIpc) is 2.72. The predicted octanol–water partition coefficient (Wildman–Crippen LogP) is 3.92. The van der Waals surface area contributed by atoms with Gasteiger partial charge < -0.3 is 14.8 Å². The summed E-state index contributed by atoms with van der Waals surface area (Å²) in [5.41, 5.74) is 2.15. The fraction of sp³-hybridized carbons (Fsp3) is 0.273. The number of ether oxygens (including phenoxy) is 2. The molecule has 28 heavy (non-hydrogen) atoms. The quantitative estimate of drug-likeness (QED) is 0.260. The zero-order chi connectivity index (χ0) is 20.4. The second-order valence-corrected chi connectivity index (χ2v) is 6.96. The van der Waals surface area contributed by atoms with Gasteiger partial charge in [0.15, 0.2) is 5.78 Å². The topological polar surface area (TPSA) is 64.6 Å². The summed E-state index contributed by atoms with van der Waals surface area (Å²) in [4.78, 5) is 24.5. The molecule has 5 nitrogen and oxygen atoms in total. The molecule has 2 rings (SSSR count). The monoisotopic (exact) mass is 445 g/mol. The number of carbonyl (C=O) groups is 2. The smallest absolute Gasteiger partial charge is 0.328 e.